The number of carboxylic acid groups (broad SMARTS) is 1. The van der Waals surface area contributed by atoms with Crippen molar-refractivity contribution in [3.05, 3.63) is 18.5 Å². The number of aromatic nitrogens is 1. The molecule has 1 atom stereocenters. The van der Waals surface area contributed by atoms with Crippen LogP contribution in [-0.4, -0.2) is 17.0 Å². The average Bonchev–Trinajstić information content (AvgIpc) is 2.39. The summed E-state index contributed by atoms with van der Waals surface area (Å²) >= 11 is 0. The molecule has 0 aliphatic rings. The predicted molar refractivity (Wildman–Crippen MR) is 38.9 cm³/mol. The summed E-state index contributed by atoms with van der Waals surface area (Å²) < 4.78 is 0. The minimum atomic E-state index is -1.11. The van der Waals surface area contributed by atoms with E-state index in [9.17, 15) is 9.90 Å². The molecule has 0 aliphatic carbocycles. The number of aromatic amines is 1. The van der Waals surface area contributed by atoms with E-state index in [4.69, 9.17) is 0 Å². The number of carbonyl (C=O) groups excluding carboxylic acids is 1. The fourth-order valence-electron chi connectivity index (χ4n) is 0.723. The quantitative estimate of drug-likeness (QED) is 0.471. The van der Waals surface area contributed by atoms with Gasteiger partial charge in [-0.3, -0.25) is 0 Å². The third-order valence-electron chi connectivity index (χ3n) is 1.33. The molecule has 0 fully saturated rings. The molecule has 0 aliphatic heterocycles. The van der Waals surface area contributed by atoms with Crippen LogP contribution in [0.25, 0.3) is 0 Å². The first-order valence-corrected chi connectivity index (χ1v) is 3.30. The van der Waals surface area contributed by atoms with E-state index in [1.807, 2.05) is 0 Å². The van der Waals surface area contributed by atoms with Gasteiger partial charge in [-0.05, 0) is 13.0 Å². The molecule has 0 bridgehead atoms. The summed E-state index contributed by atoms with van der Waals surface area (Å²) in [6, 6.07) is 1.09. The van der Waals surface area contributed by atoms with Crippen LogP contribution in [0.15, 0.2) is 18.5 Å². The molecular weight excluding hydrogens is 167 g/mol. The van der Waals surface area contributed by atoms with Gasteiger partial charge >= 0.3 is 29.6 Å². The molecule has 12 heavy (non-hydrogen) atoms. The third kappa shape index (κ3) is 3.30. The Morgan fingerprint density at radius 1 is 1.75 bits per heavy atom. The Bertz CT molecular complexity index is 236. The van der Waals surface area contributed by atoms with Gasteiger partial charge in [0.15, 0.2) is 0 Å². The normalized spacial score (nSPS) is 11.4. The summed E-state index contributed by atoms with van der Waals surface area (Å²) in [5.74, 6) is -1.11. The summed E-state index contributed by atoms with van der Waals surface area (Å²) in [6.45, 7) is 1.53. The van der Waals surface area contributed by atoms with Gasteiger partial charge < -0.3 is 20.2 Å². The van der Waals surface area contributed by atoms with Gasteiger partial charge in [-0.15, -0.1) is 0 Å². The molecule has 2 N–H and O–H groups in total. The Balaban J connectivity index is 0.00000121. The van der Waals surface area contributed by atoms with Crippen molar-refractivity contribution in [3.8, 4) is 0 Å². The second-order valence-corrected chi connectivity index (χ2v) is 2.28. The predicted octanol–water partition coefficient (Wildman–Crippen LogP) is -3.43. The van der Waals surface area contributed by atoms with Crippen LogP contribution in [0.1, 0.15) is 6.92 Å². The van der Waals surface area contributed by atoms with Gasteiger partial charge in [0.1, 0.15) is 0 Å². The van der Waals surface area contributed by atoms with Crippen molar-refractivity contribution in [1.29, 1.82) is 0 Å². The first-order chi connectivity index (χ1) is 5.20. The third-order valence-corrected chi connectivity index (χ3v) is 1.33. The van der Waals surface area contributed by atoms with Gasteiger partial charge in [-0.1, -0.05) is 0 Å². The number of anilines is 1. The number of aliphatic carboxylic acids is 1. The maximum absolute atomic E-state index is 10.2. The minimum absolute atomic E-state index is 0. The van der Waals surface area contributed by atoms with Crippen LogP contribution < -0.4 is 40.0 Å². The zero-order chi connectivity index (χ0) is 8.27. The van der Waals surface area contributed by atoms with Crippen molar-refractivity contribution in [2.45, 2.75) is 13.0 Å². The van der Waals surface area contributed by atoms with Crippen LogP contribution >= 0.6 is 0 Å². The van der Waals surface area contributed by atoms with Crippen molar-refractivity contribution in [1.82, 2.24) is 4.98 Å². The topological polar surface area (TPSA) is 68.0 Å². The van der Waals surface area contributed by atoms with E-state index in [1.165, 1.54) is 6.92 Å². The Morgan fingerprint density at radius 2 is 2.42 bits per heavy atom. The molecular formula is C7H9N2NaO2. The van der Waals surface area contributed by atoms with E-state index < -0.39 is 12.0 Å². The van der Waals surface area contributed by atoms with Crippen LogP contribution in [-0.2, 0) is 4.79 Å². The number of carbonyl (C=O) groups is 1. The van der Waals surface area contributed by atoms with Crippen molar-refractivity contribution < 1.29 is 39.5 Å². The zero-order valence-electron chi connectivity index (χ0n) is 7.13. The summed E-state index contributed by atoms with van der Waals surface area (Å²) in [7, 11) is 0. The van der Waals surface area contributed by atoms with Crippen LogP contribution in [0, 0.1) is 0 Å². The first-order valence-electron chi connectivity index (χ1n) is 3.30. The van der Waals surface area contributed by atoms with E-state index in [-0.39, 0.29) is 29.6 Å². The van der Waals surface area contributed by atoms with E-state index in [0.29, 0.717) is 0 Å². The number of hydrogen-bond donors (Lipinski definition) is 2. The van der Waals surface area contributed by atoms with Gasteiger partial charge in [-0.25, -0.2) is 0 Å². The summed E-state index contributed by atoms with van der Waals surface area (Å²) in [4.78, 5) is 13.0. The van der Waals surface area contributed by atoms with Gasteiger partial charge in [0.2, 0.25) is 0 Å². The standard InChI is InChI=1S/C7H10N2O2.Na/c1-5(7(10)11)9-6-2-3-8-4-6;/h2-5,8-9H,1H3,(H,10,11);/q;+1/p-1. The number of nitrogens with one attached hydrogen (secondary N) is 2. The van der Waals surface area contributed by atoms with E-state index in [0.717, 1.165) is 5.69 Å². The van der Waals surface area contributed by atoms with Gasteiger partial charge in [0.05, 0.1) is 17.7 Å². The maximum atomic E-state index is 10.2. The molecule has 1 rings (SSSR count). The number of carboxylic acids is 1. The largest absolute Gasteiger partial charge is 1.00 e. The van der Waals surface area contributed by atoms with E-state index >= 15 is 0 Å². The van der Waals surface area contributed by atoms with Crippen LogP contribution in [0.5, 0.6) is 0 Å². The van der Waals surface area contributed by atoms with Crippen molar-refractivity contribution in [2.75, 3.05) is 5.32 Å². The first kappa shape index (κ1) is 11.6. The molecule has 5 heteroatoms. The summed E-state index contributed by atoms with van der Waals surface area (Å²) in [5.41, 5.74) is 0.752. The fourth-order valence-corrected chi connectivity index (χ4v) is 0.723. The Hall–Kier alpha value is -0.450. The fraction of sp³-hybridized carbons (Fsp3) is 0.286. The Morgan fingerprint density at radius 3 is 2.83 bits per heavy atom. The molecule has 60 valence electrons. The molecule has 0 saturated heterocycles. The number of hydrogen-bond acceptors (Lipinski definition) is 3. The van der Waals surface area contributed by atoms with Crippen LogP contribution in [0.3, 0.4) is 0 Å². The molecule has 1 aromatic rings. The molecule has 4 nitrogen and oxygen atoms in total. The van der Waals surface area contributed by atoms with Gasteiger partial charge in [0, 0.05) is 12.4 Å². The zero-order valence-corrected chi connectivity index (χ0v) is 9.13. The number of rotatable bonds is 3. The van der Waals surface area contributed by atoms with Gasteiger partial charge in [-0.2, -0.15) is 0 Å². The SMILES string of the molecule is CC(Nc1cc[nH]c1)C(=O)[O-].[Na+]. The molecule has 1 heterocycles. The molecule has 0 amide bonds. The van der Waals surface area contributed by atoms with Crippen molar-refractivity contribution in [3.63, 3.8) is 0 Å². The van der Waals surface area contributed by atoms with Crippen LogP contribution in [0.4, 0.5) is 5.69 Å². The second-order valence-electron chi connectivity index (χ2n) is 2.28. The molecule has 0 saturated carbocycles. The monoisotopic (exact) mass is 176 g/mol. The average molecular weight is 176 g/mol. The smallest absolute Gasteiger partial charge is 0.548 e. The van der Waals surface area contributed by atoms with Gasteiger partial charge in [0.25, 0.3) is 0 Å². The molecule has 1 aromatic heterocycles. The molecule has 0 spiro atoms. The van der Waals surface area contributed by atoms with Crippen LogP contribution in [0.2, 0.25) is 0 Å². The van der Waals surface area contributed by atoms with Crippen molar-refractivity contribution >= 4 is 11.7 Å². The molecule has 0 aromatic carbocycles. The second kappa shape index (κ2) is 5.24. The maximum Gasteiger partial charge on any atom is 1.00 e. The van der Waals surface area contributed by atoms with Crippen molar-refractivity contribution in [2.24, 2.45) is 0 Å². The molecule has 1 unspecified atom stereocenters. The Kier molecular flexibility index (Phi) is 5.04. The van der Waals surface area contributed by atoms with E-state index in [1.54, 1.807) is 18.5 Å². The Labute approximate surface area is 92.7 Å². The summed E-state index contributed by atoms with van der Waals surface area (Å²) in [6.07, 6.45) is 3.39. The minimum Gasteiger partial charge on any atom is -0.548 e. The number of H-pyrrole nitrogens is 1. The summed E-state index contributed by atoms with van der Waals surface area (Å²) in [5, 5.41) is 13.0. The molecule has 0 radical (unpaired) electrons. The van der Waals surface area contributed by atoms with E-state index in [2.05, 4.69) is 10.3 Å².